The Morgan fingerprint density at radius 1 is 1.29 bits per heavy atom. The molecule has 0 radical (unpaired) electrons. The molecule has 0 aliphatic rings. The minimum absolute atomic E-state index is 0.0848. The van der Waals surface area contributed by atoms with Crippen molar-refractivity contribution < 1.29 is 5.11 Å². The number of aliphatic hydroxyl groups is 1. The maximum absolute atomic E-state index is 10.7. The third kappa shape index (κ3) is 3.35. The van der Waals surface area contributed by atoms with Crippen LogP contribution in [0.25, 0.3) is 0 Å². The number of nitrogens with zero attached hydrogens (tertiary/aromatic N) is 4. The summed E-state index contributed by atoms with van der Waals surface area (Å²) >= 11 is 0. The third-order valence-corrected chi connectivity index (χ3v) is 3.61. The highest BCUT2D eigenvalue weighted by atomic mass is 16.3. The lowest BCUT2D eigenvalue weighted by molar-refractivity contribution is 0.173. The molecule has 1 atom stereocenters. The molecule has 5 nitrogen and oxygen atoms in total. The molecule has 2 heterocycles. The van der Waals surface area contributed by atoms with Crippen LogP contribution in [0.5, 0.6) is 0 Å². The fourth-order valence-electron chi connectivity index (χ4n) is 2.68. The second-order valence-corrected chi connectivity index (χ2v) is 6.67. The summed E-state index contributed by atoms with van der Waals surface area (Å²) in [4.78, 5) is 0. The van der Waals surface area contributed by atoms with Gasteiger partial charge < -0.3 is 5.11 Å². The number of aryl methyl sites for hydroxylation is 3. The van der Waals surface area contributed by atoms with Crippen LogP contribution < -0.4 is 0 Å². The summed E-state index contributed by atoms with van der Waals surface area (Å²) in [6.45, 7) is 11.2. The fraction of sp³-hybridized carbons (Fsp3) is 0.625. The van der Waals surface area contributed by atoms with Gasteiger partial charge in [0.15, 0.2) is 0 Å². The molecule has 0 saturated heterocycles. The molecule has 2 rings (SSSR count). The van der Waals surface area contributed by atoms with E-state index in [2.05, 4.69) is 37.9 Å². The zero-order chi connectivity index (χ0) is 15.8. The van der Waals surface area contributed by atoms with Crippen LogP contribution in [0.1, 0.15) is 56.4 Å². The zero-order valence-electron chi connectivity index (χ0n) is 13.9. The van der Waals surface area contributed by atoms with Crippen molar-refractivity contribution in [1.82, 2.24) is 19.6 Å². The molecule has 0 aliphatic heterocycles. The zero-order valence-corrected chi connectivity index (χ0v) is 13.9. The van der Waals surface area contributed by atoms with Crippen molar-refractivity contribution in [2.75, 3.05) is 0 Å². The molecule has 5 heteroatoms. The first-order valence-corrected chi connectivity index (χ1v) is 7.47. The van der Waals surface area contributed by atoms with E-state index in [0.29, 0.717) is 6.42 Å². The molecular formula is C16H26N4O. The Morgan fingerprint density at radius 2 is 1.95 bits per heavy atom. The van der Waals surface area contributed by atoms with Crippen molar-refractivity contribution in [2.24, 2.45) is 7.05 Å². The molecule has 2 aromatic heterocycles. The third-order valence-electron chi connectivity index (χ3n) is 3.61. The molecule has 0 spiro atoms. The first-order chi connectivity index (χ1) is 9.72. The van der Waals surface area contributed by atoms with Crippen molar-refractivity contribution in [3.05, 3.63) is 34.9 Å². The summed E-state index contributed by atoms with van der Waals surface area (Å²) in [7, 11) is 1.89. The highest BCUT2D eigenvalue weighted by Crippen LogP contribution is 2.30. The number of hydrogen-bond donors (Lipinski definition) is 1. The maximum Gasteiger partial charge on any atom is 0.0878 e. The topological polar surface area (TPSA) is 55.9 Å². The molecule has 0 amide bonds. The molecule has 1 unspecified atom stereocenters. The van der Waals surface area contributed by atoms with Gasteiger partial charge in [-0.1, -0.05) is 20.8 Å². The van der Waals surface area contributed by atoms with Gasteiger partial charge in [0.25, 0.3) is 0 Å². The smallest absolute Gasteiger partial charge is 0.0878 e. The van der Waals surface area contributed by atoms with Gasteiger partial charge in [0.1, 0.15) is 0 Å². The Labute approximate surface area is 126 Å². The minimum Gasteiger partial charge on any atom is -0.388 e. The van der Waals surface area contributed by atoms with E-state index in [4.69, 9.17) is 0 Å². The SMILES string of the molecule is CCn1nc(C)cc1CC(O)c1cn(C)nc1C(C)(C)C. The molecule has 0 bridgehead atoms. The van der Waals surface area contributed by atoms with E-state index in [0.717, 1.165) is 29.2 Å². The Morgan fingerprint density at radius 3 is 2.52 bits per heavy atom. The van der Waals surface area contributed by atoms with Gasteiger partial charge in [-0.05, 0) is 19.9 Å². The van der Waals surface area contributed by atoms with Gasteiger partial charge in [-0.3, -0.25) is 9.36 Å². The Kier molecular flexibility index (Phi) is 4.23. The minimum atomic E-state index is -0.561. The second-order valence-electron chi connectivity index (χ2n) is 6.67. The van der Waals surface area contributed by atoms with Gasteiger partial charge in [-0.15, -0.1) is 0 Å². The van der Waals surface area contributed by atoms with Crippen molar-refractivity contribution in [2.45, 2.75) is 59.1 Å². The van der Waals surface area contributed by atoms with Crippen LogP contribution in [0.3, 0.4) is 0 Å². The summed E-state index contributed by atoms with van der Waals surface area (Å²) in [6.07, 6.45) is 1.92. The number of aromatic nitrogens is 4. The molecule has 116 valence electrons. The first-order valence-electron chi connectivity index (χ1n) is 7.47. The van der Waals surface area contributed by atoms with Crippen LogP contribution in [0.4, 0.5) is 0 Å². The maximum atomic E-state index is 10.7. The largest absolute Gasteiger partial charge is 0.388 e. The Bertz CT molecular complexity index is 619. The van der Waals surface area contributed by atoms with Gasteiger partial charge in [-0.2, -0.15) is 10.2 Å². The van der Waals surface area contributed by atoms with Crippen molar-refractivity contribution in [1.29, 1.82) is 0 Å². The summed E-state index contributed by atoms with van der Waals surface area (Å²) in [5.41, 5.74) is 3.83. The highest BCUT2D eigenvalue weighted by molar-refractivity contribution is 5.27. The Hall–Kier alpha value is -1.62. The van der Waals surface area contributed by atoms with E-state index in [1.165, 1.54) is 0 Å². The lowest BCUT2D eigenvalue weighted by Crippen LogP contribution is -2.17. The molecule has 21 heavy (non-hydrogen) atoms. The summed E-state index contributed by atoms with van der Waals surface area (Å²) in [5, 5.41) is 19.6. The van der Waals surface area contributed by atoms with Crippen LogP contribution in [0.15, 0.2) is 12.3 Å². The van der Waals surface area contributed by atoms with E-state index in [1.807, 2.05) is 30.9 Å². The molecule has 0 aromatic carbocycles. The van der Waals surface area contributed by atoms with Gasteiger partial charge in [0.2, 0.25) is 0 Å². The van der Waals surface area contributed by atoms with E-state index >= 15 is 0 Å². The normalized spacial score (nSPS) is 13.7. The summed E-state index contributed by atoms with van der Waals surface area (Å²) < 4.78 is 3.73. The number of hydrogen-bond acceptors (Lipinski definition) is 3. The monoisotopic (exact) mass is 290 g/mol. The van der Waals surface area contributed by atoms with Crippen molar-refractivity contribution in [3.63, 3.8) is 0 Å². The van der Waals surface area contributed by atoms with Crippen LogP contribution in [0, 0.1) is 6.92 Å². The summed E-state index contributed by atoms with van der Waals surface area (Å²) in [5.74, 6) is 0. The lowest BCUT2D eigenvalue weighted by atomic mass is 9.87. The van der Waals surface area contributed by atoms with Gasteiger partial charge >= 0.3 is 0 Å². The van der Waals surface area contributed by atoms with E-state index in [-0.39, 0.29) is 5.41 Å². The lowest BCUT2D eigenvalue weighted by Gasteiger charge is -2.20. The average Bonchev–Trinajstić information content (AvgIpc) is 2.91. The number of aliphatic hydroxyl groups excluding tert-OH is 1. The van der Waals surface area contributed by atoms with E-state index < -0.39 is 6.10 Å². The first kappa shape index (κ1) is 15.8. The predicted octanol–water partition coefficient (Wildman–Crippen LogP) is 2.52. The Balaban J connectivity index is 2.30. The molecule has 1 N–H and O–H groups in total. The highest BCUT2D eigenvalue weighted by Gasteiger charge is 2.26. The summed E-state index contributed by atoms with van der Waals surface area (Å²) in [6, 6.07) is 2.04. The van der Waals surface area contributed by atoms with Crippen molar-refractivity contribution in [3.8, 4) is 0 Å². The second kappa shape index (κ2) is 5.64. The standard InChI is InChI=1S/C16H26N4O/c1-7-20-12(8-11(2)17-20)9-14(21)13-10-19(6)18-15(13)16(3,4)5/h8,10,14,21H,7,9H2,1-6H3. The van der Waals surface area contributed by atoms with Gasteiger partial charge in [0.05, 0.1) is 17.5 Å². The van der Waals surface area contributed by atoms with Crippen LogP contribution in [-0.2, 0) is 25.4 Å². The predicted molar refractivity (Wildman–Crippen MR) is 83.2 cm³/mol. The van der Waals surface area contributed by atoms with Crippen LogP contribution in [0.2, 0.25) is 0 Å². The average molecular weight is 290 g/mol. The van der Waals surface area contributed by atoms with Crippen LogP contribution in [-0.4, -0.2) is 24.7 Å². The van der Waals surface area contributed by atoms with Gasteiger partial charge in [0, 0.05) is 42.9 Å². The molecule has 0 fully saturated rings. The van der Waals surface area contributed by atoms with Gasteiger partial charge in [-0.25, -0.2) is 0 Å². The molecule has 0 saturated carbocycles. The molecule has 0 aliphatic carbocycles. The quantitative estimate of drug-likeness (QED) is 0.941. The van der Waals surface area contributed by atoms with E-state index in [1.54, 1.807) is 4.68 Å². The molecule has 2 aromatic rings. The number of rotatable bonds is 4. The molecular weight excluding hydrogens is 264 g/mol. The van der Waals surface area contributed by atoms with E-state index in [9.17, 15) is 5.11 Å². The van der Waals surface area contributed by atoms with Crippen molar-refractivity contribution >= 4 is 0 Å². The van der Waals surface area contributed by atoms with Crippen LogP contribution >= 0.6 is 0 Å². The fourth-order valence-corrected chi connectivity index (χ4v) is 2.68.